The van der Waals surface area contributed by atoms with Crippen molar-refractivity contribution in [2.45, 2.75) is 57.4 Å². The van der Waals surface area contributed by atoms with Gasteiger partial charge in [0.25, 0.3) is 0 Å². The van der Waals surface area contributed by atoms with Crippen LogP contribution in [0.4, 0.5) is 0 Å². The van der Waals surface area contributed by atoms with Gasteiger partial charge in [0.05, 0.1) is 0 Å². The summed E-state index contributed by atoms with van der Waals surface area (Å²) in [5.41, 5.74) is 5.14. The molecule has 0 aromatic heterocycles. The van der Waals surface area contributed by atoms with Gasteiger partial charge in [0.1, 0.15) is 0 Å². The van der Waals surface area contributed by atoms with Crippen LogP contribution >= 0.6 is 0 Å². The molecule has 1 N–H and O–H groups in total. The molecular formula is C19H27N. The van der Waals surface area contributed by atoms with Gasteiger partial charge in [-0.25, -0.2) is 0 Å². The van der Waals surface area contributed by atoms with Crippen molar-refractivity contribution in [2.75, 3.05) is 7.05 Å². The molecule has 108 valence electrons. The molecule has 20 heavy (non-hydrogen) atoms. The third-order valence-electron chi connectivity index (χ3n) is 6.56. The summed E-state index contributed by atoms with van der Waals surface area (Å²) in [5, 5.41) is 3.64. The Morgan fingerprint density at radius 2 is 1.75 bits per heavy atom. The molecule has 1 nitrogen and oxygen atoms in total. The van der Waals surface area contributed by atoms with Crippen LogP contribution in [0.15, 0.2) is 18.2 Å². The minimum atomic E-state index is 0.516. The second kappa shape index (κ2) is 4.34. The van der Waals surface area contributed by atoms with Crippen molar-refractivity contribution in [1.82, 2.24) is 5.32 Å². The van der Waals surface area contributed by atoms with E-state index in [4.69, 9.17) is 0 Å². The summed E-state index contributed by atoms with van der Waals surface area (Å²) in [5.74, 6) is 2.84. The van der Waals surface area contributed by atoms with Gasteiger partial charge in [0.15, 0.2) is 0 Å². The zero-order valence-corrected chi connectivity index (χ0v) is 13.1. The number of nitrogens with one attached hydrogen (secondary N) is 1. The maximum Gasteiger partial charge on any atom is 0.0121 e. The zero-order valence-electron chi connectivity index (χ0n) is 13.1. The predicted molar refractivity (Wildman–Crippen MR) is 84.0 cm³/mol. The lowest BCUT2D eigenvalue weighted by Gasteiger charge is -2.60. The molecule has 5 rings (SSSR count). The average Bonchev–Trinajstić information content (AvgIpc) is 2.37. The van der Waals surface area contributed by atoms with Crippen LogP contribution in [-0.4, -0.2) is 13.1 Å². The summed E-state index contributed by atoms with van der Waals surface area (Å²) in [4.78, 5) is 0. The van der Waals surface area contributed by atoms with Crippen LogP contribution in [0.5, 0.6) is 0 Å². The Kier molecular flexibility index (Phi) is 2.79. The summed E-state index contributed by atoms with van der Waals surface area (Å²) in [6.45, 7) is 4.55. The highest BCUT2D eigenvalue weighted by molar-refractivity contribution is 5.39. The molecule has 4 fully saturated rings. The third-order valence-corrected chi connectivity index (χ3v) is 6.56. The molecule has 0 amide bonds. The van der Waals surface area contributed by atoms with Crippen molar-refractivity contribution in [3.63, 3.8) is 0 Å². The first-order chi connectivity index (χ1) is 9.61. The molecule has 4 bridgehead atoms. The number of benzene rings is 1. The van der Waals surface area contributed by atoms with Crippen LogP contribution in [0.25, 0.3) is 0 Å². The lowest BCUT2D eigenvalue weighted by atomic mass is 9.46. The van der Waals surface area contributed by atoms with Crippen molar-refractivity contribution in [1.29, 1.82) is 0 Å². The first-order valence-corrected chi connectivity index (χ1v) is 8.36. The van der Waals surface area contributed by atoms with E-state index in [2.05, 4.69) is 44.4 Å². The quantitative estimate of drug-likeness (QED) is 0.856. The molecule has 0 saturated heterocycles. The maximum absolute atomic E-state index is 3.64. The first-order valence-electron chi connectivity index (χ1n) is 8.36. The Labute approximate surface area is 123 Å². The zero-order chi connectivity index (χ0) is 13.9. The van der Waals surface area contributed by atoms with Gasteiger partial charge >= 0.3 is 0 Å². The number of hydrogen-bond donors (Lipinski definition) is 1. The SMILES string of the molecule is CNC1C2CC3CC1CC(c1ccc(C)cc1C)(C3)C2. The second-order valence-corrected chi connectivity index (χ2v) is 7.88. The molecule has 2 unspecified atom stereocenters. The largest absolute Gasteiger partial charge is 0.316 e. The number of rotatable bonds is 2. The van der Waals surface area contributed by atoms with Crippen molar-refractivity contribution in [3.05, 3.63) is 34.9 Å². The fourth-order valence-electron chi connectivity index (χ4n) is 6.23. The smallest absolute Gasteiger partial charge is 0.0121 e. The van der Waals surface area contributed by atoms with E-state index in [0.29, 0.717) is 5.41 Å². The molecule has 4 aliphatic rings. The van der Waals surface area contributed by atoms with E-state index in [0.717, 1.165) is 23.8 Å². The molecule has 4 aliphatic carbocycles. The normalized spacial score (nSPS) is 42.1. The third kappa shape index (κ3) is 1.72. The predicted octanol–water partition coefficient (Wildman–Crippen LogP) is 3.97. The highest BCUT2D eigenvalue weighted by Gasteiger charge is 2.55. The highest BCUT2D eigenvalue weighted by atomic mass is 14.9. The lowest BCUT2D eigenvalue weighted by molar-refractivity contribution is -0.0328. The Balaban J connectivity index is 1.75. The fourth-order valence-corrected chi connectivity index (χ4v) is 6.23. The number of hydrogen-bond acceptors (Lipinski definition) is 1. The number of aryl methyl sites for hydroxylation is 2. The van der Waals surface area contributed by atoms with E-state index in [1.54, 1.807) is 5.56 Å². The first kappa shape index (κ1) is 12.9. The summed E-state index contributed by atoms with van der Waals surface area (Å²) in [7, 11) is 2.18. The molecule has 4 saturated carbocycles. The van der Waals surface area contributed by atoms with Crippen LogP contribution < -0.4 is 5.32 Å². The topological polar surface area (TPSA) is 12.0 Å². The summed E-state index contributed by atoms with van der Waals surface area (Å²) in [6.07, 6.45) is 7.27. The van der Waals surface area contributed by atoms with E-state index in [-0.39, 0.29) is 0 Å². The van der Waals surface area contributed by atoms with E-state index in [1.807, 2.05) is 0 Å². The van der Waals surface area contributed by atoms with Gasteiger partial charge < -0.3 is 5.32 Å². The van der Waals surface area contributed by atoms with Gasteiger partial charge in [-0.05, 0) is 87.3 Å². The van der Waals surface area contributed by atoms with Crippen molar-refractivity contribution < 1.29 is 0 Å². The average molecular weight is 269 g/mol. The van der Waals surface area contributed by atoms with Crippen molar-refractivity contribution in [2.24, 2.45) is 17.8 Å². The molecule has 0 aliphatic heterocycles. The van der Waals surface area contributed by atoms with Crippen molar-refractivity contribution in [3.8, 4) is 0 Å². The Morgan fingerprint density at radius 3 is 2.35 bits per heavy atom. The molecule has 2 atom stereocenters. The van der Waals surface area contributed by atoms with Crippen LogP contribution in [0.3, 0.4) is 0 Å². The van der Waals surface area contributed by atoms with Crippen LogP contribution in [0, 0.1) is 31.6 Å². The minimum absolute atomic E-state index is 0.516. The summed E-state index contributed by atoms with van der Waals surface area (Å²) in [6, 6.07) is 7.97. The van der Waals surface area contributed by atoms with Gasteiger partial charge in [-0.1, -0.05) is 23.8 Å². The molecular weight excluding hydrogens is 242 g/mol. The van der Waals surface area contributed by atoms with E-state index in [1.165, 1.54) is 43.2 Å². The summed E-state index contributed by atoms with van der Waals surface area (Å²) < 4.78 is 0. The van der Waals surface area contributed by atoms with Gasteiger partial charge in [0, 0.05) is 6.04 Å². The minimum Gasteiger partial charge on any atom is -0.316 e. The van der Waals surface area contributed by atoms with Crippen LogP contribution in [0.2, 0.25) is 0 Å². The monoisotopic (exact) mass is 269 g/mol. The van der Waals surface area contributed by atoms with Gasteiger partial charge in [-0.3, -0.25) is 0 Å². The van der Waals surface area contributed by atoms with Crippen LogP contribution in [0.1, 0.15) is 48.8 Å². The maximum atomic E-state index is 3.64. The molecule has 1 aromatic rings. The molecule has 0 heterocycles. The standard InChI is InChI=1S/C19H27N/c1-12-4-5-17(13(2)6-12)19-9-14-7-15(10-19)18(20-3)16(8-14)11-19/h4-6,14-16,18,20H,7-11H2,1-3H3. The lowest BCUT2D eigenvalue weighted by Crippen LogP contribution is -2.59. The van der Waals surface area contributed by atoms with Crippen LogP contribution in [-0.2, 0) is 5.41 Å². The van der Waals surface area contributed by atoms with Gasteiger partial charge in [0.2, 0.25) is 0 Å². The molecule has 0 radical (unpaired) electrons. The molecule has 1 aromatic carbocycles. The Bertz CT molecular complexity index is 517. The fraction of sp³-hybridized carbons (Fsp3) is 0.684. The Hall–Kier alpha value is -0.820. The van der Waals surface area contributed by atoms with Gasteiger partial charge in [-0.2, -0.15) is 0 Å². The molecule has 0 spiro atoms. The highest BCUT2D eigenvalue weighted by Crippen LogP contribution is 2.61. The van der Waals surface area contributed by atoms with E-state index >= 15 is 0 Å². The van der Waals surface area contributed by atoms with E-state index in [9.17, 15) is 0 Å². The van der Waals surface area contributed by atoms with Crippen molar-refractivity contribution >= 4 is 0 Å². The second-order valence-electron chi connectivity index (χ2n) is 7.88. The molecule has 1 heteroatoms. The van der Waals surface area contributed by atoms with E-state index < -0.39 is 0 Å². The summed E-state index contributed by atoms with van der Waals surface area (Å²) >= 11 is 0. The Morgan fingerprint density at radius 1 is 1.05 bits per heavy atom. The van der Waals surface area contributed by atoms with Gasteiger partial charge in [-0.15, -0.1) is 0 Å².